The highest BCUT2D eigenvalue weighted by molar-refractivity contribution is 5.28. The van der Waals surface area contributed by atoms with Crippen LogP contribution in [-0.4, -0.2) is 39.1 Å². The van der Waals surface area contributed by atoms with Crippen LogP contribution in [0, 0.1) is 11.8 Å². The fourth-order valence-corrected chi connectivity index (χ4v) is 3.88. The van der Waals surface area contributed by atoms with Crippen molar-refractivity contribution < 1.29 is 36.9 Å². The molecular weight excluding hydrogens is 413 g/mol. The summed E-state index contributed by atoms with van der Waals surface area (Å²) in [4.78, 5) is 0. The minimum absolute atomic E-state index is 0.0783. The molecule has 0 radical (unpaired) electrons. The summed E-state index contributed by atoms with van der Waals surface area (Å²) in [5, 5.41) is 0. The van der Waals surface area contributed by atoms with Crippen LogP contribution in [0.3, 0.4) is 0 Å². The van der Waals surface area contributed by atoms with Crippen molar-refractivity contribution in [3.05, 3.63) is 29.8 Å². The highest BCUT2D eigenvalue weighted by Crippen LogP contribution is 2.30. The summed E-state index contributed by atoms with van der Waals surface area (Å²) in [6.07, 6.45) is 2.27. The Hall–Kier alpha value is -1.35. The molecule has 2 aliphatic heterocycles. The van der Waals surface area contributed by atoms with E-state index in [0.717, 1.165) is 38.9 Å². The van der Waals surface area contributed by atoms with E-state index in [1.807, 2.05) is 0 Å². The normalized spacial score (nSPS) is 27.2. The maximum atomic E-state index is 12.2. The third kappa shape index (κ3) is 8.60. The number of halogens is 3. The van der Waals surface area contributed by atoms with Crippen LogP contribution in [0.1, 0.15) is 63.7 Å². The van der Waals surface area contributed by atoms with Crippen molar-refractivity contribution >= 4 is 0 Å². The molecule has 0 unspecified atom stereocenters. The second-order valence-corrected chi connectivity index (χ2v) is 8.37. The van der Waals surface area contributed by atoms with Crippen LogP contribution < -0.4 is 4.74 Å². The maximum Gasteiger partial charge on any atom is 0.573 e. The van der Waals surface area contributed by atoms with Gasteiger partial charge in [-0.2, -0.15) is 0 Å². The van der Waals surface area contributed by atoms with Gasteiger partial charge in [0.15, 0.2) is 12.6 Å². The van der Waals surface area contributed by atoms with Gasteiger partial charge in [-0.1, -0.05) is 38.3 Å². The lowest BCUT2D eigenvalue weighted by Gasteiger charge is -2.30. The van der Waals surface area contributed by atoms with Crippen molar-refractivity contribution in [2.45, 2.75) is 70.8 Å². The van der Waals surface area contributed by atoms with Crippen LogP contribution in [0.15, 0.2) is 24.3 Å². The summed E-state index contributed by atoms with van der Waals surface area (Å²) in [6.45, 7) is 4.95. The lowest BCUT2D eigenvalue weighted by molar-refractivity contribution is -0.274. The Morgan fingerprint density at radius 2 is 1.35 bits per heavy atom. The second-order valence-electron chi connectivity index (χ2n) is 8.37. The van der Waals surface area contributed by atoms with Crippen molar-refractivity contribution in [2.75, 3.05) is 26.4 Å². The van der Waals surface area contributed by atoms with Gasteiger partial charge in [0.05, 0.1) is 26.4 Å². The van der Waals surface area contributed by atoms with Gasteiger partial charge in [0.1, 0.15) is 5.75 Å². The molecule has 0 N–H and O–H groups in total. The molecule has 0 aromatic heterocycles. The third-order valence-electron chi connectivity index (χ3n) is 5.66. The standard InChI is InChI=1S/C23H33F3O5/c1-2-3-6-17-13-27-21(28-14-17)8-5-4-7-18-15-29-22(30-16-18)19-9-11-20(12-10-19)31-23(24,25)26/h9-12,17-18,21-22H,2-8,13-16H2,1H3/t17-,18-,21-,22-. The van der Waals surface area contributed by atoms with Crippen molar-refractivity contribution in [3.63, 3.8) is 0 Å². The molecule has 0 bridgehead atoms. The molecule has 3 rings (SSSR count). The molecule has 2 fully saturated rings. The molecule has 2 heterocycles. The lowest BCUT2D eigenvalue weighted by Crippen LogP contribution is -2.32. The Balaban J connectivity index is 1.27. The highest BCUT2D eigenvalue weighted by Gasteiger charge is 2.31. The Bertz CT molecular complexity index is 621. The lowest BCUT2D eigenvalue weighted by atomic mass is 10.0. The number of hydrogen-bond donors (Lipinski definition) is 0. The van der Waals surface area contributed by atoms with Gasteiger partial charge >= 0.3 is 6.36 Å². The Morgan fingerprint density at radius 3 is 1.94 bits per heavy atom. The van der Waals surface area contributed by atoms with E-state index in [2.05, 4.69) is 11.7 Å². The average molecular weight is 447 g/mol. The largest absolute Gasteiger partial charge is 0.573 e. The Labute approximate surface area is 182 Å². The molecule has 176 valence electrons. The predicted molar refractivity (Wildman–Crippen MR) is 108 cm³/mol. The van der Waals surface area contributed by atoms with Crippen LogP contribution in [0.4, 0.5) is 13.2 Å². The molecule has 0 spiro atoms. The van der Waals surface area contributed by atoms with Crippen molar-refractivity contribution in [2.24, 2.45) is 11.8 Å². The molecule has 2 aliphatic rings. The monoisotopic (exact) mass is 446 g/mol. The van der Waals surface area contributed by atoms with Crippen molar-refractivity contribution in [3.8, 4) is 5.75 Å². The number of ether oxygens (including phenoxy) is 5. The summed E-state index contributed by atoms with van der Waals surface area (Å²) < 4.78 is 63.8. The van der Waals surface area contributed by atoms with E-state index >= 15 is 0 Å². The van der Waals surface area contributed by atoms with Crippen LogP contribution >= 0.6 is 0 Å². The van der Waals surface area contributed by atoms with Gasteiger partial charge in [0.25, 0.3) is 0 Å². The molecule has 8 heteroatoms. The van der Waals surface area contributed by atoms with Gasteiger partial charge in [-0.15, -0.1) is 13.2 Å². The molecule has 1 aromatic rings. The van der Waals surface area contributed by atoms with E-state index in [0.29, 0.717) is 30.6 Å². The summed E-state index contributed by atoms with van der Waals surface area (Å²) >= 11 is 0. The van der Waals surface area contributed by atoms with Crippen LogP contribution in [-0.2, 0) is 18.9 Å². The molecule has 2 saturated heterocycles. The number of rotatable bonds is 10. The number of hydrogen-bond acceptors (Lipinski definition) is 5. The minimum Gasteiger partial charge on any atom is -0.406 e. The molecule has 0 aliphatic carbocycles. The zero-order valence-corrected chi connectivity index (χ0v) is 18.1. The van der Waals surface area contributed by atoms with Crippen LogP contribution in [0.25, 0.3) is 0 Å². The maximum absolute atomic E-state index is 12.2. The molecule has 0 saturated carbocycles. The summed E-state index contributed by atoms with van der Waals surface area (Å²) in [7, 11) is 0. The summed E-state index contributed by atoms with van der Waals surface area (Å²) in [5.41, 5.74) is 0.678. The number of alkyl halides is 3. The molecule has 0 amide bonds. The molecule has 1 aromatic carbocycles. The van der Waals surface area contributed by atoms with E-state index in [1.54, 1.807) is 0 Å². The zero-order valence-electron chi connectivity index (χ0n) is 18.1. The first-order valence-electron chi connectivity index (χ1n) is 11.2. The quantitative estimate of drug-likeness (QED) is 0.414. The van der Waals surface area contributed by atoms with Gasteiger partial charge < -0.3 is 23.7 Å². The van der Waals surface area contributed by atoms with Gasteiger partial charge in [-0.25, -0.2) is 0 Å². The van der Waals surface area contributed by atoms with E-state index in [4.69, 9.17) is 18.9 Å². The first kappa shape index (κ1) is 24.3. The Morgan fingerprint density at radius 1 is 0.806 bits per heavy atom. The van der Waals surface area contributed by atoms with Crippen molar-refractivity contribution in [1.29, 1.82) is 0 Å². The first-order chi connectivity index (χ1) is 14.9. The molecular formula is C23H33F3O5. The smallest absolute Gasteiger partial charge is 0.406 e. The topological polar surface area (TPSA) is 46.2 Å². The SMILES string of the molecule is CCCC[C@H]1CO[C@H](CCCC[C@H]2CO[C@H](c3ccc(OC(F)(F)F)cc3)OC2)OC1. The van der Waals surface area contributed by atoms with Gasteiger partial charge in [-0.3, -0.25) is 0 Å². The number of benzene rings is 1. The molecule has 31 heavy (non-hydrogen) atoms. The Kier molecular flexibility index (Phi) is 9.44. The first-order valence-corrected chi connectivity index (χ1v) is 11.2. The molecule has 0 atom stereocenters. The van der Waals surface area contributed by atoms with E-state index in [1.165, 1.54) is 43.5 Å². The third-order valence-corrected chi connectivity index (χ3v) is 5.66. The summed E-state index contributed by atoms with van der Waals surface area (Å²) in [5.74, 6) is 0.595. The van der Waals surface area contributed by atoms with Crippen LogP contribution in [0.2, 0.25) is 0 Å². The summed E-state index contributed by atoms with van der Waals surface area (Å²) in [6, 6.07) is 5.60. The molecule has 5 nitrogen and oxygen atoms in total. The average Bonchev–Trinajstić information content (AvgIpc) is 2.76. The van der Waals surface area contributed by atoms with E-state index in [9.17, 15) is 13.2 Å². The van der Waals surface area contributed by atoms with Gasteiger partial charge in [0.2, 0.25) is 0 Å². The predicted octanol–water partition coefficient (Wildman–Crippen LogP) is 5.99. The van der Waals surface area contributed by atoms with E-state index in [-0.39, 0.29) is 12.0 Å². The minimum atomic E-state index is -4.70. The number of unbranched alkanes of at least 4 members (excludes halogenated alkanes) is 2. The highest BCUT2D eigenvalue weighted by atomic mass is 19.4. The zero-order chi connectivity index (χ0) is 22.1. The van der Waals surface area contributed by atoms with Crippen LogP contribution in [0.5, 0.6) is 5.75 Å². The fourth-order valence-electron chi connectivity index (χ4n) is 3.88. The van der Waals surface area contributed by atoms with E-state index < -0.39 is 12.7 Å². The van der Waals surface area contributed by atoms with Gasteiger partial charge in [-0.05, 0) is 37.8 Å². The van der Waals surface area contributed by atoms with Crippen molar-refractivity contribution in [1.82, 2.24) is 0 Å². The van der Waals surface area contributed by atoms with Gasteiger partial charge in [0, 0.05) is 17.4 Å². The fraction of sp³-hybridized carbons (Fsp3) is 0.739. The second kappa shape index (κ2) is 12.0.